The normalized spacial score (nSPS) is 15.7. The summed E-state index contributed by atoms with van der Waals surface area (Å²) in [5.74, 6) is 1.27. The van der Waals surface area contributed by atoms with E-state index in [1.54, 1.807) is 7.11 Å². The summed E-state index contributed by atoms with van der Waals surface area (Å²) < 4.78 is 19.8. The molecule has 1 fully saturated rings. The summed E-state index contributed by atoms with van der Waals surface area (Å²) in [5.41, 5.74) is 2.85. The van der Waals surface area contributed by atoms with E-state index < -0.39 is 0 Å². The molecule has 1 saturated heterocycles. The first-order chi connectivity index (χ1) is 15.2. The van der Waals surface area contributed by atoms with Crippen molar-refractivity contribution in [1.82, 2.24) is 9.88 Å². The fraction of sp³-hybridized carbons (Fsp3) is 0.370. The molecule has 4 rings (SSSR count). The average Bonchev–Trinajstić information content (AvgIpc) is 2.82. The molecule has 0 aliphatic carbocycles. The lowest BCUT2D eigenvalue weighted by molar-refractivity contribution is 0.193. The molecule has 2 heterocycles. The van der Waals surface area contributed by atoms with Crippen molar-refractivity contribution in [1.29, 1.82) is 0 Å². The number of benzene rings is 2. The van der Waals surface area contributed by atoms with Crippen molar-refractivity contribution >= 4 is 17.0 Å². The van der Waals surface area contributed by atoms with E-state index in [0.717, 1.165) is 67.0 Å². The van der Waals surface area contributed by atoms with Crippen LogP contribution in [0.25, 0.3) is 17.0 Å². The monoisotopic (exact) mass is 418 g/mol. The molecular formula is C27H31FN2O. The van der Waals surface area contributed by atoms with E-state index in [-0.39, 0.29) is 5.82 Å². The first kappa shape index (κ1) is 21.5. The number of pyridine rings is 1. The van der Waals surface area contributed by atoms with Gasteiger partial charge in [-0.25, -0.2) is 4.39 Å². The molecule has 0 radical (unpaired) electrons. The molecule has 0 unspecified atom stereocenters. The molecule has 1 aliphatic rings. The number of halogens is 1. The second-order valence-corrected chi connectivity index (χ2v) is 8.42. The van der Waals surface area contributed by atoms with Crippen LogP contribution < -0.4 is 4.74 Å². The highest BCUT2D eigenvalue weighted by Crippen LogP contribution is 2.28. The highest BCUT2D eigenvalue weighted by molar-refractivity contribution is 5.83. The SMILES string of the molecule is COc1ccc2ncc(F)c(CCCC3CCN(CC=Cc4ccccc4)CC3)c2c1. The Labute approximate surface area is 184 Å². The van der Waals surface area contributed by atoms with Crippen molar-refractivity contribution in [2.45, 2.75) is 32.1 Å². The Morgan fingerprint density at radius 2 is 1.94 bits per heavy atom. The Balaban J connectivity index is 1.25. The number of hydrogen-bond acceptors (Lipinski definition) is 3. The largest absolute Gasteiger partial charge is 0.497 e. The maximum Gasteiger partial charge on any atom is 0.145 e. The molecule has 0 spiro atoms. The number of rotatable bonds is 8. The van der Waals surface area contributed by atoms with E-state index in [4.69, 9.17) is 4.74 Å². The Morgan fingerprint density at radius 3 is 2.71 bits per heavy atom. The molecule has 1 aliphatic heterocycles. The molecule has 162 valence electrons. The zero-order valence-electron chi connectivity index (χ0n) is 18.3. The third kappa shape index (κ3) is 5.71. The van der Waals surface area contributed by atoms with Gasteiger partial charge in [-0.2, -0.15) is 0 Å². The van der Waals surface area contributed by atoms with Crippen molar-refractivity contribution in [3.8, 4) is 5.75 Å². The van der Waals surface area contributed by atoms with Gasteiger partial charge in [0.2, 0.25) is 0 Å². The van der Waals surface area contributed by atoms with Gasteiger partial charge >= 0.3 is 0 Å². The van der Waals surface area contributed by atoms with Crippen LogP contribution in [0.2, 0.25) is 0 Å². The molecule has 3 nitrogen and oxygen atoms in total. The average molecular weight is 419 g/mol. The molecule has 0 amide bonds. The van der Waals surface area contributed by atoms with Crippen LogP contribution >= 0.6 is 0 Å². The quantitative estimate of drug-likeness (QED) is 0.440. The lowest BCUT2D eigenvalue weighted by atomic mass is 9.90. The van der Waals surface area contributed by atoms with Crippen LogP contribution in [-0.4, -0.2) is 36.6 Å². The number of hydrogen-bond donors (Lipinski definition) is 0. The molecule has 1 aromatic heterocycles. The molecule has 31 heavy (non-hydrogen) atoms. The molecule has 0 atom stereocenters. The van der Waals surface area contributed by atoms with Crippen LogP contribution in [0.15, 0.2) is 60.8 Å². The van der Waals surface area contributed by atoms with Gasteiger partial charge in [-0.15, -0.1) is 0 Å². The zero-order chi connectivity index (χ0) is 21.5. The highest BCUT2D eigenvalue weighted by atomic mass is 19.1. The smallest absolute Gasteiger partial charge is 0.145 e. The Hall–Kier alpha value is -2.72. The predicted octanol–water partition coefficient (Wildman–Crippen LogP) is 6.13. The third-order valence-electron chi connectivity index (χ3n) is 6.35. The van der Waals surface area contributed by atoms with E-state index in [1.807, 2.05) is 24.3 Å². The van der Waals surface area contributed by atoms with Crippen molar-refractivity contribution in [2.75, 3.05) is 26.7 Å². The minimum atomic E-state index is -0.208. The minimum Gasteiger partial charge on any atom is -0.497 e. The molecule has 3 aromatic rings. The van der Waals surface area contributed by atoms with Crippen molar-refractivity contribution in [2.24, 2.45) is 5.92 Å². The molecular weight excluding hydrogens is 387 g/mol. The van der Waals surface area contributed by atoms with Crippen LogP contribution in [0.5, 0.6) is 5.75 Å². The standard InChI is InChI=1S/C27H31FN2O/c1-31-23-12-13-27-25(19-23)24(26(28)20-29-27)11-5-9-22-14-17-30(18-15-22)16-6-10-21-7-3-2-4-8-21/h2-4,6-8,10,12-13,19-20,22H,5,9,11,14-18H2,1H3. The van der Waals surface area contributed by atoms with Gasteiger partial charge in [0.25, 0.3) is 0 Å². The Bertz CT molecular complexity index is 1010. The van der Waals surface area contributed by atoms with E-state index in [2.05, 4.69) is 46.3 Å². The summed E-state index contributed by atoms with van der Waals surface area (Å²) in [6.07, 6.45) is 11.2. The van der Waals surface area contributed by atoms with E-state index in [1.165, 1.54) is 24.6 Å². The lowest BCUT2D eigenvalue weighted by Crippen LogP contribution is -2.33. The molecule has 0 bridgehead atoms. The van der Waals surface area contributed by atoms with Gasteiger partial charge in [0.1, 0.15) is 11.6 Å². The summed E-state index contributed by atoms with van der Waals surface area (Å²) in [7, 11) is 1.64. The topological polar surface area (TPSA) is 25.4 Å². The van der Waals surface area contributed by atoms with Gasteiger partial charge < -0.3 is 4.74 Å². The number of likely N-dealkylation sites (tertiary alicyclic amines) is 1. The first-order valence-electron chi connectivity index (χ1n) is 11.3. The number of aryl methyl sites for hydroxylation is 1. The van der Waals surface area contributed by atoms with E-state index >= 15 is 0 Å². The third-order valence-corrected chi connectivity index (χ3v) is 6.35. The van der Waals surface area contributed by atoms with Gasteiger partial charge in [0.15, 0.2) is 0 Å². The summed E-state index contributed by atoms with van der Waals surface area (Å²) in [6.45, 7) is 3.30. The number of ether oxygens (including phenoxy) is 1. The summed E-state index contributed by atoms with van der Waals surface area (Å²) in [6, 6.07) is 16.1. The van der Waals surface area contributed by atoms with Crippen LogP contribution in [0.4, 0.5) is 4.39 Å². The number of aromatic nitrogens is 1. The van der Waals surface area contributed by atoms with Crippen LogP contribution in [-0.2, 0) is 6.42 Å². The lowest BCUT2D eigenvalue weighted by Gasteiger charge is -2.31. The maximum atomic E-state index is 14.5. The number of fused-ring (bicyclic) bond motifs is 1. The predicted molar refractivity (Wildman–Crippen MR) is 126 cm³/mol. The van der Waals surface area contributed by atoms with E-state index in [0.29, 0.717) is 0 Å². The Kier molecular flexibility index (Phi) is 7.31. The number of piperidine rings is 1. The van der Waals surface area contributed by atoms with Gasteiger partial charge in [-0.1, -0.05) is 48.9 Å². The highest BCUT2D eigenvalue weighted by Gasteiger charge is 2.18. The summed E-state index contributed by atoms with van der Waals surface area (Å²) in [5, 5.41) is 0.874. The van der Waals surface area contributed by atoms with E-state index in [9.17, 15) is 4.39 Å². The minimum absolute atomic E-state index is 0.208. The summed E-state index contributed by atoms with van der Waals surface area (Å²) in [4.78, 5) is 6.75. The second kappa shape index (κ2) is 10.5. The number of nitrogens with zero attached hydrogens (tertiary/aromatic N) is 2. The Morgan fingerprint density at radius 1 is 1.13 bits per heavy atom. The van der Waals surface area contributed by atoms with Gasteiger partial charge in [-0.3, -0.25) is 9.88 Å². The number of methoxy groups -OCH3 is 1. The fourth-order valence-electron chi connectivity index (χ4n) is 4.51. The van der Waals surface area contributed by atoms with Crippen LogP contribution in [0.1, 0.15) is 36.8 Å². The first-order valence-corrected chi connectivity index (χ1v) is 11.3. The molecule has 4 heteroatoms. The van der Waals surface area contributed by atoms with Crippen molar-refractivity contribution in [3.05, 3.63) is 77.7 Å². The fourth-order valence-corrected chi connectivity index (χ4v) is 4.51. The molecule has 0 saturated carbocycles. The van der Waals surface area contributed by atoms with Crippen LogP contribution in [0.3, 0.4) is 0 Å². The summed E-state index contributed by atoms with van der Waals surface area (Å²) >= 11 is 0. The van der Waals surface area contributed by atoms with Gasteiger partial charge in [-0.05, 0) is 74.0 Å². The maximum absolute atomic E-state index is 14.5. The second-order valence-electron chi connectivity index (χ2n) is 8.42. The van der Waals surface area contributed by atoms with Gasteiger partial charge in [0.05, 0.1) is 18.8 Å². The molecule has 0 N–H and O–H groups in total. The zero-order valence-corrected chi connectivity index (χ0v) is 18.3. The van der Waals surface area contributed by atoms with Crippen molar-refractivity contribution < 1.29 is 9.13 Å². The van der Waals surface area contributed by atoms with Crippen LogP contribution in [0, 0.1) is 11.7 Å². The van der Waals surface area contributed by atoms with Gasteiger partial charge in [0, 0.05) is 11.9 Å². The van der Waals surface area contributed by atoms with Crippen molar-refractivity contribution in [3.63, 3.8) is 0 Å². The molecule has 2 aromatic carbocycles.